The van der Waals surface area contributed by atoms with E-state index in [9.17, 15) is 8.42 Å². The lowest BCUT2D eigenvalue weighted by Crippen LogP contribution is -2.25. The predicted octanol–water partition coefficient (Wildman–Crippen LogP) is 3.76. The van der Waals surface area contributed by atoms with Crippen LogP contribution >= 0.6 is 11.3 Å². The van der Waals surface area contributed by atoms with Crippen LogP contribution in [-0.4, -0.2) is 31.7 Å². The number of likely N-dealkylation sites (tertiary alicyclic amines) is 1. The van der Waals surface area contributed by atoms with Crippen LogP contribution in [0.2, 0.25) is 0 Å². The van der Waals surface area contributed by atoms with Crippen LogP contribution < -0.4 is 0 Å². The molecule has 0 N–H and O–H groups in total. The van der Waals surface area contributed by atoms with Crippen molar-refractivity contribution in [3.63, 3.8) is 0 Å². The zero-order chi connectivity index (χ0) is 17.0. The molecular formula is C19H17NO3S2. The van der Waals surface area contributed by atoms with Gasteiger partial charge in [-0.25, -0.2) is 8.42 Å². The molecule has 2 aromatic heterocycles. The Morgan fingerprint density at radius 2 is 2.08 bits per heavy atom. The van der Waals surface area contributed by atoms with Gasteiger partial charge in [-0.1, -0.05) is 6.07 Å². The van der Waals surface area contributed by atoms with Crippen molar-refractivity contribution in [1.29, 1.82) is 0 Å². The summed E-state index contributed by atoms with van der Waals surface area (Å²) in [6.07, 6.45) is 1.66. The number of hydrogen-bond donors (Lipinski definition) is 0. The normalized spacial score (nSPS) is 24.3. The average Bonchev–Trinajstić information content (AvgIpc) is 3.37. The van der Waals surface area contributed by atoms with E-state index in [4.69, 9.17) is 4.42 Å². The van der Waals surface area contributed by atoms with Gasteiger partial charge in [0.15, 0.2) is 9.84 Å². The lowest BCUT2D eigenvalue weighted by molar-refractivity contribution is 0.293. The monoisotopic (exact) mass is 371 g/mol. The molecule has 2 aliphatic heterocycles. The Labute approximate surface area is 150 Å². The molecule has 3 aromatic rings. The number of furan rings is 1. The molecule has 5 rings (SSSR count). The molecule has 0 aliphatic carbocycles. The van der Waals surface area contributed by atoms with Crippen LogP contribution in [0, 0.1) is 0 Å². The predicted molar refractivity (Wildman–Crippen MR) is 97.5 cm³/mol. The highest BCUT2D eigenvalue weighted by atomic mass is 32.2. The highest BCUT2D eigenvalue weighted by Gasteiger charge is 2.50. The van der Waals surface area contributed by atoms with Crippen LogP contribution in [0.1, 0.15) is 17.2 Å². The summed E-state index contributed by atoms with van der Waals surface area (Å²) in [5.74, 6) is 0.929. The third-order valence-corrected chi connectivity index (χ3v) is 8.21. The third kappa shape index (κ3) is 2.39. The van der Waals surface area contributed by atoms with Gasteiger partial charge in [0, 0.05) is 19.0 Å². The van der Waals surface area contributed by atoms with Gasteiger partial charge >= 0.3 is 0 Å². The van der Waals surface area contributed by atoms with Gasteiger partial charge in [-0.3, -0.25) is 4.90 Å². The van der Waals surface area contributed by atoms with E-state index in [0.29, 0.717) is 18.0 Å². The number of nitrogens with zero attached hydrogens (tertiary/aromatic N) is 1. The van der Waals surface area contributed by atoms with Crippen molar-refractivity contribution in [2.75, 3.05) is 13.1 Å². The molecule has 0 bridgehead atoms. The first-order valence-corrected chi connectivity index (χ1v) is 10.8. The van der Waals surface area contributed by atoms with E-state index in [1.807, 2.05) is 23.6 Å². The zero-order valence-corrected chi connectivity index (χ0v) is 15.1. The summed E-state index contributed by atoms with van der Waals surface area (Å²) in [6.45, 7) is 1.98. The summed E-state index contributed by atoms with van der Waals surface area (Å²) in [5, 5.41) is 3.80. The van der Waals surface area contributed by atoms with Gasteiger partial charge in [-0.2, -0.15) is 11.3 Å². The topological polar surface area (TPSA) is 50.5 Å². The molecule has 1 saturated heterocycles. The summed E-state index contributed by atoms with van der Waals surface area (Å²) in [5.41, 5.74) is 3.23. The molecule has 0 saturated carbocycles. The Hall–Kier alpha value is -1.89. The molecule has 4 heterocycles. The number of hydrogen-bond acceptors (Lipinski definition) is 5. The smallest absolute Gasteiger partial charge is 0.183 e. The number of rotatable bonds is 3. The van der Waals surface area contributed by atoms with Gasteiger partial charge in [-0.05, 0) is 57.8 Å². The van der Waals surface area contributed by atoms with Gasteiger partial charge in [0.1, 0.15) is 5.76 Å². The van der Waals surface area contributed by atoms with Crippen LogP contribution in [0.5, 0.6) is 0 Å². The molecule has 25 heavy (non-hydrogen) atoms. The molecule has 0 amide bonds. The van der Waals surface area contributed by atoms with Gasteiger partial charge in [0.25, 0.3) is 0 Å². The Morgan fingerprint density at radius 1 is 1.16 bits per heavy atom. The first kappa shape index (κ1) is 15.4. The van der Waals surface area contributed by atoms with Crippen molar-refractivity contribution in [3.05, 3.63) is 64.7 Å². The van der Waals surface area contributed by atoms with E-state index in [-0.39, 0.29) is 11.2 Å². The minimum Gasteiger partial charge on any atom is -0.468 e. The Bertz CT molecular complexity index is 1010. The second-order valence-electron chi connectivity index (χ2n) is 6.73. The first-order chi connectivity index (χ1) is 12.1. The molecule has 0 unspecified atom stereocenters. The molecule has 1 fully saturated rings. The van der Waals surface area contributed by atoms with Crippen molar-refractivity contribution in [3.8, 4) is 11.1 Å². The number of fused-ring (bicyclic) bond motifs is 3. The maximum absolute atomic E-state index is 13.0. The fourth-order valence-corrected chi connectivity index (χ4v) is 6.95. The Balaban J connectivity index is 1.51. The summed E-state index contributed by atoms with van der Waals surface area (Å²) in [4.78, 5) is 2.71. The summed E-state index contributed by atoms with van der Waals surface area (Å²) >= 11 is 1.65. The molecule has 128 valence electrons. The molecule has 1 aromatic carbocycles. The van der Waals surface area contributed by atoms with E-state index < -0.39 is 9.84 Å². The average molecular weight is 371 g/mol. The van der Waals surface area contributed by atoms with Gasteiger partial charge in [0.05, 0.1) is 23.0 Å². The summed E-state index contributed by atoms with van der Waals surface area (Å²) < 4.78 is 31.3. The van der Waals surface area contributed by atoms with E-state index in [0.717, 1.165) is 29.0 Å². The minimum atomic E-state index is -3.25. The second kappa shape index (κ2) is 5.56. The molecule has 2 atom stereocenters. The van der Waals surface area contributed by atoms with Crippen molar-refractivity contribution in [1.82, 2.24) is 4.90 Å². The molecule has 6 heteroatoms. The van der Waals surface area contributed by atoms with Crippen molar-refractivity contribution >= 4 is 21.2 Å². The number of thiophene rings is 1. The summed E-state index contributed by atoms with van der Waals surface area (Å²) in [7, 11) is -3.25. The molecule has 4 nitrogen and oxygen atoms in total. The number of sulfone groups is 1. The number of benzene rings is 1. The van der Waals surface area contributed by atoms with E-state index in [1.54, 1.807) is 23.7 Å². The van der Waals surface area contributed by atoms with Crippen LogP contribution in [0.3, 0.4) is 0 Å². The highest BCUT2D eigenvalue weighted by molar-refractivity contribution is 7.92. The van der Waals surface area contributed by atoms with Gasteiger partial charge < -0.3 is 4.42 Å². The van der Waals surface area contributed by atoms with Gasteiger partial charge in [-0.15, -0.1) is 0 Å². The first-order valence-electron chi connectivity index (χ1n) is 8.28. The van der Waals surface area contributed by atoms with Crippen molar-refractivity contribution < 1.29 is 12.8 Å². The Morgan fingerprint density at radius 3 is 2.84 bits per heavy atom. The SMILES string of the molecule is O=S1(=O)c2ccc(-c3ccsc3)cc2[C@@H]2CN(Cc3ccco3)C[C@@H]21. The molecule has 2 aliphatic rings. The maximum atomic E-state index is 13.0. The lowest BCUT2D eigenvalue weighted by Gasteiger charge is -2.16. The Kier molecular flexibility index (Phi) is 3.42. The van der Waals surface area contributed by atoms with Crippen LogP contribution in [0.4, 0.5) is 0 Å². The van der Waals surface area contributed by atoms with Crippen LogP contribution in [-0.2, 0) is 16.4 Å². The highest BCUT2D eigenvalue weighted by Crippen LogP contribution is 2.46. The lowest BCUT2D eigenvalue weighted by atomic mass is 9.95. The van der Waals surface area contributed by atoms with Crippen molar-refractivity contribution in [2.45, 2.75) is 22.6 Å². The zero-order valence-electron chi connectivity index (χ0n) is 13.5. The maximum Gasteiger partial charge on any atom is 0.183 e. The fourth-order valence-electron chi connectivity index (χ4n) is 4.09. The third-order valence-electron chi connectivity index (χ3n) is 5.27. The van der Waals surface area contributed by atoms with E-state index in [1.165, 1.54) is 0 Å². The molecular weight excluding hydrogens is 354 g/mol. The fraction of sp³-hybridized carbons (Fsp3) is 0.263. The summed E-state index contributed by atoms with van der Waals surface area (Å²) in [6, 6.07) is 11.7. The van der Waals surface area contributed by atoms with E-state index >= 15 is 0 Å². The molecule has 0 radical (unpaired) electrons. The standard InChI is InChI=1S/C19H17NO3S2/c21-25(22)18-4-3-13(14-5-7-24-12-14)8-16(18)17-10-20(11-19(17)25)9-15-2-1-6-23-15/h1-8,12,17,19H,9-11H2/t17-,19-/m0/s1. The van der Waals surface area contributed by atoms with Crippen LogP contribution in [0.25, 0.3) is 11.1 Å². The molecule has 0 spiro atoms. The van der Waals surface area contributed by atoms with Crippen molar-refractivity contribution in [2.24, 2.45) is 0 Å². The largest absolute Gasteiger partial charge is 0.468 e. The minimum absolute atomic E-state index is 0.0496. The van der Waals surface area contributed by atoms with Gasteiger partial charge in [0.2, 0.25) is 0 Å². The quantitative estimate of drug-likeness (QED) is 0.703. The van der Waals surface area contributed by atoms with Crippen LogP contribution in [0.15, 0.2) is 62.7 Å². The second-order valence-corrected chi connectivity index (χ2v) is 9.64. The van der Waals surface area contributed by atoms with E-state index in [2.05, 4.69) is 22.4 Å².